The van der Waals surface area contributed by atoms with Gasteiger partial charge in [-0.25, -0.2) is 0 Å². The Kier molecular flexibility index (Phi) is 3.03. The second kappa shape index (κ2) is 3.90. The van der Waals surface area contributed by atoms with Crippen molar-refractivity contribution in [3.8, 4) is 5.75 Å². The van der Waals surface area contributed by atoms with Crippen molar-refractivity contribution in [1.29, 1.82) is 0 Å². The molecule has 0 fully saturated rings. The maximum Gasteiger partial charge on any atom is 0.573 e. The number of benzene rings is 1. The molecule has 0 atom stereocenters. The molecule has 1 radical (unpaired) electrons. The van der Waals surface area contributed by atoms with Crippen LogP contribution in [0.25, 0.3) is 0 Å². The largest absolute Gasteiger partial charge is 0.573 e. The Bertz CT molecular complexity index is 304. The van der Waals surface area contributed by atoms with E-state index in [-0.39, 0.29) is 11.7 Å². The standard InChI is InChI=1S/C10H10F3O/c1-7(2)8-5-3-4-6-9(8)14-10(11,12)13/h3-5,7H,1-2H3. The second-order valence-corrected chi connectivity index (χ2v) is 3.16. The Morgan fingerprint density at radius 2 is 2.00 bits per heavy atom. The summed E-state index contributed by atoms with van der Waals surface area (Å²) in [5.41, 5.74) is 0.504. The Labute approximate surface area is 80.5 Å². The third-order valence-corrected chi connectivity index (χ3v) is 1.69. The molecular formula is C10H10F3O. The summed E-state index contributed by atoms with van der Waals surface area (Å²) in [6, 6.07) is 7.07. The fraction of sp³-hybridized carbons (Fsp3) is 0.400. The zero-order chi connectivity index (χ0) is 10.8. The minimum absolute atomic E-state index is 0.0233. The molecule has 1 nitrogen and oxygen atoms in total. The molecule has 0 spiro atoms. The van der Waals surface area contributed by atoms with Gasteiger partial charge >= 0.3 is 6.36 Å². The molecule has 0 unspecified atom stereocenters. The van der Waals surface area contributed by atoms with E-state index in [0.717, 1.165) is 0 Å². The molecule has 0 saturated carbocycles. The maximum absolute atomic E-state index is 11.9. The average molecular weight is 203 g/mol. The number of rotatable bonds is 2. The predicted octanol–water partition coefficient (Wildman–Crippen LogP) is 3.51. The Morgan fingerprint density at radius 3 is 2.50 bits per heavy atom. The van der Waals surface area contributed by atoms with E-state index in [2.05, 4.69) is 10.8 Å². The van der Waals surface area contributed by atoms with E-state index in [1.54, 1.807) is 26.0 Å². The van der Waals surface area contributed by atoms with Crippen LogP contribution < -0.4 is 4.74 Å². The first-order valence-corrected chi connectivity index (χ1v) is 4.16. The van der Waals surface area contributed by atoms with Crippen molar-refractivity contribution in [3.05, 3.63) is 29.8 Å². The minimum atomic E-state index is -4.65. The van der Waals surface area contributed by atoms with E-state index < -0.39 is 6.36 Å². The lowest BCUT2D eigenvalue weighted by molar-refractivity contribution is -0.275. The van der Waals surface area contributed by atoms with Gasteiger partial charge in [-0.1, -0.05) is 32.0 Å². The molecule has 0 saturated heterocycles. The van der Waals surface area contributed by atoms with Crippen LogP contribution in [0.1, 0.15) is 25.3 Å². The van der Waals surface area contributed by atoms with E-state index >= 15 is 0 Å². The lowest BCUT2D eigenvalue weighted by Crippen LogP contribution is -2.18. The number of hydrogen-bond donors (Lipinski definition) is 0. The normalized spacial score (nSPS) is 11.9. The van der Waals surface area contributed by atoms with Gasteiger partial charge in [0.1, 0.15) is 5.75 Å². The molecule has 0 heterocycles. The zero-order valence-corrected chi connectivity index (χ0v) is 7.85. The number of para-hydroxylation sites is 1. The van der Waals surface area contributed by atoms with Gasteiger partial charge in [-0.3, -0.25) is 0 Å². The highest BCUT2D eigenvalue weighted by atomic mass is 19.4. The summed E-state index contributed by atoms with van der Waals surface area (Å²) in [6.07, 6.45) is -4.65. The highest BCUT2D eigenvalue weighted by Crippen LogP contribution is 2.30. The summed E-state index contributed by atoms with van der Waals surface area (Å²) < 4.78 is 39.7. The molecule has 0 aliphatic carbocycles. The van der Waals surface area contributed by atoms with E-state index in [1.807, 2.05) is 0 Å². The second-order valence-electron chi connectivity index (χ2n) is 3.16. The van der Waals surface area contributed by atoms with E-state index in [4.69, 9.17) is 0 Å². The monoisotopic (exact) mass is 203 g/mol. The molecule has 77 valence electrons. The van der Waals surface area contributed by atoms with Crippen molar-refractivity contribution in [3.63, 3.8) is 0 Å². The summed E-state index contributed by atoms with van der Waals surface area (Å²) in [5, 5.41) is 0. The van der Waals surface area contributed by atoms with Crippen LogP contribution in [0.3, 0.4) is 0 Å². The molecule has 1 aromatic rings. The van der Waals surface area contributed by atoms with E-state index in [9.17, 15) is 13.2 Å². The third kappa shape index (κ3) is 2.94. The van der Waals surface area contributed by atoms with Gasteiger partial charge in [0, 0.05) is 6.07 Å². The highest BCUT2D eigenvalue weighted by molar-refractivity contribution is 5.34. The summed E-state index contributed by atoms with van der Waals surface area (Å²) in [5.74, 6) is -0.264. The first-order valence-electron chi connectivity index (χ1n) is 4.16. The van der Waals surface area contributed by atoms with Gasteiger partial charge in [-0.15, -0.1) is 13.2 Å². The van der Waals surface area contributed by atoms with Crippen LogP contribution >= 0.6 is 0 Å². The summed E-state index contributed by atoms with van der Waals surface area (Å²) >= 11 is 0. The zero-order valence-electron chi connectivity index (χ0n) is 7.85. The molecule has 0 aliphatic heterocycles. The van der Waals surface area contributed by atoms with Crippen molar-refractivity contribution in [2.45, 2.75) is 26.1 Å². The van der Waals surface area contributed by atoms with E-state index in [0.29, 0.717) is 5.56 Å². The van der Waals surface area contributed by atoms with Crippen LogP contribution in [-0.4, -0.2) is 6.36 Å². The maximum atomic E-state index is 11.9. The number of hydrogen-bond acceptors (Lipinski definition) is 1. The van der Waals surface area contributed by atoms with Crippen LogP contribution in [0, 0.1) is 6.07 Å². The van der Waals surface area contributed by atoms with Crippen LogP contribution in [0.2, 0.25) is 0 Å². The quantitative estimate of drug-likeness (QED) is 0.714. The average Bonchev–Trinajstić information content (AvgIpc) is 2.01. The fourth-order valence-electron chi connectivity index (χ4n) is 1.09. The lowest BCUT2D eigenvalue weighted by atomic mass is 10.0. The summed E-state index contributed by atoms with van der Waals surface area (Å²) in [4.78, 5) is 0. The molecule has 1 aromatic carbocycles. The number of ether oxygens (including phenoxy) is 1. The molecule has 0 N–H and O–H groups in total. The number of halogens is 3. The van der Waals surface area contributed by atoms with E-state index in [1.165, 1.54) is 6.07 Å². The van der Waals surface area contributed by atoms with Crippen molar-refractivity contribution >= 4 is 0 Å². The fourth-order valence-corrected chi connectivity index (χ4v) is 1.09. The van der Waals surface area contributed by atoms with Gasteiger partial charge in [-0.05, 0) is 11.5 Å². The third-order valence-electron chi connectivity index (χ3n) is 1.69. The SMILES string of the molecule is CC(C)c1ccc[c]c1OC(F)(F)F. The summed E-state index contributed by atoms with van der Waals surface area (Å²) in [7, 11) is 0. The van der Waals surface area contributed by atoms with Gasteiger partial charge in [-0.2, -0.15) is 0 Å². The molecule has 0 aliphatic rings. The molecule has 0 bridgehead atoms. The molecule has 4 heteroatoms. The minimum Gasteiger partial charge on any atom is -0.405 e. The molecule has 0 amide bonds. The van der Waals surface area contributed by atoms with Crippen LogP contribution in [0.5, 0.6) is 5.75 Å². The Morgan fingerprint density at radius 1 is 1.36 bits per heavy atom. The van der Waals surface area contributed by atoms with Crippen LogP contribution in [-0.2, 0) is 0 Å². The first kappa shape index (κ1) is 10.9. The highest BCUT2D eigenvalue weighted by Gasteiger charge is 2.32. The van der Waals surface area contributed by atoms with Gasteiger partial charge in [0.25, 0.3) is 0 Å². The van der Waals surface area contributed by atoms with Gasteiger partial charge in [0.05, 0.1) is 0 Å². The molecule has 0 aromatic heterocycles. The molecule has 14 heavy (non-hydrogen) atoms. The predicted molar refractivity (Wildman–Crippen MR) is 46.1 cm³/mol. The van der Waals surface area contributed by atoms with Crippen LogP contribution in [0.4, 0.5) is 13.2 Å². The molecule has 1 rings (SSSR count). The first-order chi connectivity index (χ1) is 6.40. The van der Waals surface area contributed by atoms with Crippen LogP contribution in [0.15, 0.2) is 18.2 Å². The van der Waals surface area contributed by atoms with Crippen molar-refractivity contribution < 1.29 is 17.9 Å². The summed E-state index contributed by atoms with van der Waals surface area (Å²) in [6.45, 7) is 3.60. The Hall–Kier alpha value is -1.19. The smallest absolute Gasteiger partial charge is 0.405 e. The Balaban J connectivity index is 2.96. The van der Waals surface area contributed by atoms with Gasteiger partial charge in [0.15, 0.2) is 0 Å². The van der Waals surface area contributed by atoms with Crippen molar-refractivity contribution in [2.75, 3.05) is 0 Å². The van der Waals surface area contributed by atoms with Crippen molar-refractivity contribution in [2.24, 2.45) is 0 Å². The van der Waals surface area contributed by atoms with Gasteiger partial charge in [0.2, 0.25) is 0 Å². The lowest BCUT2D eigenvalue weighted by Gasteiger charge is -2.14. The number of alkyl halides is 3. The topological polar surface area (TPSA) is 9.23 Å². The van der Waals surface area contributed by atoms with Gasteiger partial charge < -0.3 is 4.74 Å². The molecular weight excluding hydrogens is 193 g/mol. The van der Waals surface area contributed by atoms with Crippen molar-refractivity contribution in [1.82, 2.24) is 0 Å².